The van der Waals surface area contributed by atoms with Crippen molar-refractivity contribution in [2.75, 3.05) is 32.1 Å². The smallest absolute Gasteiger partial charge is 0.224 e. The van der Waals surface area contributed by atoms with Gasteiger partial charge in [-0.25, -0.2) is 0 Å². The molecule has 1 N–H and O–H groups in total. The lowest BCUT2D eigenvalue weighted by atomic mass is 10.2. The van der Waals surface area contributed by atoms with Crippen LogP contribution in [0.5, 0.6) is 5.75 Å². The summed E-state index contributed by atoms with van der Waals surface area (Å²) >= 11 is 0. The SMILES string of the molecule is COc1ccc(C)cc1NCCC(=O)N1CCCCCC1. The summed E-state index contributed by atoms with van der Waals surface area (Å²) in [6, 6.07) is 6.02. The number of carbonyl (C=O) groups excluding carboxylic acids is 1. The fraction of sp³-hybridized carbons (Fsp3) is 0.588. The van der Waals surface area contributed by atoms with E-state index in [2.05, 4.69) is 11.4 Å². The number of nitrogens with zero attached hydrogens (tertiary/aromatic N) is 1. The van der Waals surface area contributed by atoms with E-state index in [1.807, 2.05) is 24.0 Å². The Bertz CT molecular complexity index is 466. The molecule has 2 rings (SSSR count). The Labute approximate surface area is 127 Å². The van der Waals surface area contributed by atoms with Gasteiger partial charge in [0.15, 0.2) is 0 Å². The Balaban J connectivity index is 1.83. The molecule has 4 heteroatoms. The molecule has 0 spiro atoms. The van der Waals surface area contributed by atoms with Gasteiger partial charge in [-0.05, 0) is 37.5 Å². The molecule has 1 amide bonds. The molecule has 0 bridgehead atoms. The topological polar surface area (TPSA) is 41.6 Å². The van der Waals surface area contributed by atoms with E-state index in [9.17, 15) is 4.79 Å². The van der Waals surface area contributed by atoms with Gasteiger partial charge in [-0.1, -0.05) is 18.9 Å². The van der Waals surface area contributed by atoms with Crippen molar-refractivity contribution in [2.45, 2.75) is 39.0 Å². The van der Waals surface area contributed by atoms with E-state index >= 15 is 0 Å². The van der Waals surface area contributed by atoms with Gasteiger partial charge in [0.25, 0.3) is 0 Å². The third kappa shape index (κ3) is 4.66. The number of anilines is 1. The summed E-state index contributed by atoms with van der Waals surface area (Å²) < 4.78 is 5.33. The predicted molar refractivity (Wildman–Crippen MR) is 85.9 cm³/mol. The van der Waals surface area contributed by atoms with Crippen molar-refractivity contribution in [1.82, 2.24) is 4.90 Å². The van der Waals surface area contributed by atoms with Gasteiger partial charge >= 0.3 is 0 Å². The maximum absolute atomic E-state index is 12.2. The molecule has 1 aromatic carbocycles. The molecule has 1 heterocycles. The van der Waals surface area contributed by atoms with Crippen molar-refractivity contribution in [3.8, 4) is 5.75 Å². The third-order valence-corrected chi connectivity index (χ3v) is 3.97. The molecular weight excluding hydrogens is 264 g/mol. The van der Waals surface area contributed by atoms with Crippen LogP contribution in [0.15, 0.2) is 18.2 Å². The van der Waals surface area contributed by atoms with E-state index in [-0.39, 0.29) is 5.91 Å². The minimum Gasteiger partial charge on any atom is -0.495 e. The van der Waals surface area contributed by atoms with Crippen LogP contribution in [0.2, 0.25) is 0 Å². The van der Waals surface area contributed by atoms with Crippen LogP contribution < -0.4 is 10.1 Å². The number of hydrogen-bond acceptors (Lipinski definition) is 3. The van der Waals surface area contributed by atoms with E-state index in [4.69, 9.17) is 4.74 Å². The van der Waals surface area contributed by atoms with Crippen molar-refractivity contribution < 1.29 is 9.53 Å². The minimum atomic E-state index is 0.260. The molecule has 116 valence electrons. The van der Waals surface area contributed by atoms with Gasteiger partial charge in [0, 0.05) is 26.1 Å². The molecule has 1 fully saturated rings. The largest absolute Gasteiger partial charge is 0.495 e. The van der Waals surface area contributed by atoms with Gasteiger partial charge in [0.1, 0.15) is 5.75 Å². The van der Waals surface area contributed by atoms with Crippen LogP contribution in [0.3, 0.4) is 0 Å². The first-order valence-corrected chi connectivity index (χ1v) is 7.87. The zero-order valence-corrected chi connectivity index (χ0v) is 13.2. The molecule has 1 aliphatic rings. The summed E-state index contributed by atoms with van der Waals surface area (Å²) in [6.45, 7) is 4.54. The molecule has 0 atom stereocenters. The number of nitrogens with one attached hydrogen (secondary N) is 1. The third-order valence-electron chi connectivity index (χ3n) is 3.97. The van der Waals surface area contributed by atoms with Crippen LogP contribution >= 0.6 is 0 Å². The summed E-state index contributed by atoms with van der Waals surface area (Å²) in [7, 11) is 1.66. The highest BCUT2D eigenvalue weighted by atomic mass is 16.5. The second-order valence-corrected chi connectivity index (χ2v) is 5.68. The average Bonchev–Trinajstić information content (AvgIpc) is 2.76. The highest BCUT2D eigenvalue weighted by Crippen LogP contribution is 2.25. The number of methoxy groups -OCH3 is 1. The Morgan fingerprint density at radius 1 is 1.24 bits per heavy atom. The predicted octanol–water partition coefficient (Wildman–Crippen LogP) is 3.21. The number of rotatable bonds is 5. The number of benzene rings is 1. The number of hydrogen-bond donors (Lipinski definition) is 1. The van der Waals surface area contributed by atoms with Crippen LogP contribution in [0.1, 0.15) is 37.7 Å². The molecular formula is C17H26N2O2. The first-order chi connectivity index (χ1) is 10.2. The van der Waals surface area contributed by atoms with Gasteiger partial charge < -0.3 is 15.0 Å². The van der Waals surface area contributed by atoms with Crippen LogP contribution in [0.4, 0.5) is 5.69 Å². The lowest BCUT2D eigenvalue weighted by Crippen LogP contribution is -2.32. The van der Waals surface area contributed by atoms with Crippen molar-refractivity contribution in [3.63, 3.8) is 0 Å². The molecule has 0 aliphatic carbocycles. The maximum Gasteiger partial charge on any atom is 0.224 e. The Hall–Kier alpha value is -1.71. The second kappa shape index (κ2) is 7.91. The quantitative estimate of drug-likeness (QED) is 0.905. The van der Waals surface area contributed by atoms with Crippen molar-refractivity contribution >= 4 is 11.6 Å². The molecule has 0 aromatic heterocycles. The van der Waals surface area contributed by atoms with Crippen LogP contribution in [-0.2, 0) is 4.79 Å². The first kappa shape index (κ1) is 15.7. The molecule has 21 heavy (non-hydrogen) atoms. The number of amides is 1. The van der Waals surface area contributed by atoms with E-state index in [1.165, 1.54) is 18.4 Å². The van der Waals surface area contributed by atoms with Gasteiger partial charge in [0.2, 0.25) is 5.91 Å². The molecule has 4 nitrogen and oxygen atoms in total. The van der Waals surface area contributed by atoms with Crippen molar-refractivity contribution in [3.05, 3.63) is 23.8 Å². The van der Waals surface area contributed by atoms with Crippen molar-refractivity contribution in [2.24, 2.45) is 0 Å². The summed E-state index contributed by atoms with van der Waals surface area (Å²) in [5.74, 6) is 1.08. The minimum absolute atomic E-state index is 0.260. The van der Waals surface area contributed by atoms with Gasteiger partial charge in [-0.2, -0.15) is 0 Å². The fourth-order valence-electron chi connectivity index (χ4n) is 2.74. The zero-order valence-electron chi connectivity index (χ0n) is 13.2. The molecule has 0 radical (unpaired) electrons. The van der Waals surface area contributed by atoms with Crippen LogP contribution in [0, 0.1) is 6.92 Å². The standard InChI is InChI=1S/C17H26N2O2/c1-14-7-8-16(21-2)15(13-14)18-10-9-17(20)19-11-5-3-4-6-12-19/h7-8,13,18H,3-6,9-12H2,1-2H3. The van der Waals surface area contributed by atoms with Gasteiger partial charge in [-0.15, -0.1) is 0 Å². The summed E-state index contributed by atoms with van der Waals surface area (Å²) in [5.41, 5.74) is 2.14. The molecule has 0 unspecified atom stereocenters. The van der Waals surface area contributed by atoms with E-state index in [0.29, 0.717) is 13.0 Å². The lowest BCUT2D eigenvalue weighted by molar-refractivity contribution is -0.130. The second-order valence-electron chi connectivity index (χ2n) is 5.68. The Morgan fingerprint density at radius 2 is 1.95 bits per heavy atom. The number of ether oxygens (including phenoxy) is 1. The van der Waals surface area contributed by atoms with Crippen LogP contribution in [-0.4, -0.2) is 37.6 Å². The zero-order chi connectivity index (χ0) is 15.1. The first-order valence-electron chi connectivity index (χ1n) is 7.87. The summed E-state index contributed by atoms with van der Waals surface area (Å²) in [6.07, 6.45) is 5.33. The highest BCUT2D eigenvalue weighted by molar-refractivity contribution is 5.77. The molecule has 1 aliphatic heterocycles. The number of likely N-dealkylation sites (tertiary alicyclic amines) is 1. The molecule has 0 saturated carbocycles. The Morgan fingerprint density at radius 3 is 2.62 bits per heavy atom. The monoisotopic (exact) mass is 290 g/mol. The van der Waals surface area contributed by atoms with E-state index in [1.54, 1.807) is 7.11 Å². The van der Waals surface area contributed by atoms with E-state index in [0.717, 1.165) is 37.4 Å². The van der Waals surface area contributed by atoms with Crippen molar-refractivity contribution in [1.29, 1.82) is 0 Å². The fourth-order valence-corrected chi connectivity index (χ4v) is 2.74. The van der Waals surface area contributed by atoms with Gasteiger partial charge in [-0.3, -0.25) is 4.79 Å². The summed E-state index contributed by atoms with van der Waals surface area (Å²) in [4.78, 5) is 14.2. The Kier molecular flexibility index (Phi) is 5.90. The highest BCUT2D eigenvalue weighted by Gasteiger charge is 2.15. The lowest BCUT2D eigenvalue weighted by Gasteiger charge is -2.20. The number of aryl methyl sites for hydroxylation is 1. The van der Waals surface area contributed by atoms with Gasteiger partial charge in [0.05, 0.1) is 12.8 Å². The normalized spacial score (nSPS) is 15.4. The van der Waals surface area contributed by atoms with E-state index < -0.39 is 0 Å². The number of carbonyl (C=O) groups is 1. The summed E-state index contributed by atoms with van der Waals surface area (Å²) in [5, 5.41) is 3.32. The average molecular weight is 290 g/mol. The van der Waals surface area contributed by atoms with Crippen LogP contribution in [0.25, 0.3) is 0 Å². The molecule has 1 saturated heterocycles. The molecule has 1 aromatic rings. The maximum atomic E-state index is 12.2.